The lowest BCUT2D eigenvalue weighted by Gasteiger charge is -2.15. The number of H-pyrrole nitrogens is 1. The van der Waals surface area contributed by atoms with E-state index in [1.165, 1.54) is 5.56 Å². The van der Waals surface area contributed by atoms with Crippen LogP contribution in [0.1, 0.15) is 56.8 Å². The molecule has 0 aliphatic heterocycles. The van der Waals surface area contributed by atoms with Crippen LogP contribution in [0.25, 0.3) is 11.6 Å². The van der Waals surface area contributed by atoms with Crippen molar-refractivity contribution in [2.45, 2.75) is 59.8 Å². The fourth-order valence-corrected chi connectivity index (χ4v) is 2.77. The van der Waals surface area contributed by atoms with Gasteiger partial charge in [0.05, 0.1) is 5.69 Å². The SMILES string of the molecule is CCCc1c(C)nn(-c2nnc3cc(C(C)(C)C)[nH]n23)c1C. The summed E-state index contributed by atoms with van der Waals surface area (Å²) in [5, 5.41) is 16.6. The highest BCUT2D eigenvalue weighted by Gasteiger charge is 2.21. The average Bonchev–Trinajstić information content (AvgIpc) is 3.06. The van der Waals surface area contributed by atoms with E-state index in [1.807, 2.05) is 9.20 Å². The Kier molecular flexibility index (Phi) is 3.34. The number of hydrogen-bond donors (Lipinski definition) is 1. The maximum absolute atomic E-state index is 4.67. The van der Waals surface area contributed by atoms with E-state index in [0.29, 0.717) is 5.95 Å². The number of nitrogens with one attached hydrogen (secondary N) is 1. The molecule has 22 heavy (non-hydrogen) atoms. The summed E-state index contributed by atoms with van der Waals surface area (Å²) in [5.74, 6) is 0.716. The van der Waals surface area contributed by atoms with Gasteiger partial charge in [-0.1, -0.05) is 34.1 Å². The van der Waals surface area contributed by atoms with Crippen LogP contribution in [-0.4, -0.2) is 29.6 Å². The van der Waals surface area contributed by atoms with E-state index >= 15 is 0 Å². The number of nitrogens with zero attached hydrogens (tertiary/aromatic N) is 5. The lowest BCUT2D eigenvalue weighted by molar-refractivity contribution is 0.560. The molecule has 3 heterocycles. The fourth-order valence-electron chi connectivity index (χ4n) is 2.77. The summed E-state index contributed by atoms with van der Waals surface area (Å²) < 4.78 is 3.80. The molecular weight excluding hydrogens is 276 g/mol. The second-order valence-corrected chi connectivity index (χ2v) is 6.92. The molecule has 6 nitrogen and oxygen atoms in total. The summed E-state index contributed by atoms with van der Waals surface area (Å²) in [4.78, 5) is 0. The van der Waals surface area contributed by atoms with Gasteiger partial charge < -0.3 is 0 Å². The topological polar surface area (TPSA) is 63.8 Å². The Morgan fingerprint density at radius 3 is 2.55 bits per heavy atom. The number of aryl methyl sites for hydroxylation is 1. The Morgan fingerprint density at radius 2 is 1.91 bits per heavy atom. The normalized spacial score (nSPS) is 12.5. The predicted octanol–water partition coefficient (Wildman–Crippen LogP) is 3.11. The third kappa shape index (κ3) is 2.23. The van der Waals surface area contributed by atoms with Crippen LogP contribution in [0.15, 0.2) is 6.07 Å². The van der Waals surface area contributed by atoms with Gasteiger partial charge in [-0.3, -0.25) is 5.10 Å². The fraction of sp³-hybridized carbons (Fsp3) is 0.562. The Hall–Kier alpha value is -2.11. The smallest absolute Gasteiger partial charge is 0.271 e. The lowest BCUT2D eigenvalue weighted by atomic mass is 9.93. The summed E-state index contributed by atoms with van der Waals surface area (Å²) in [6.07, 6.45) is 2.15. The van der Waals surface area contributed by atoms with Crippen molar-refractivity contribution in [2.24, 2.45) is 0 Å². The van der Waals surface area contributed by atoms with E-state index in [1.54, 1.807) is 0 Å². The minimum Gasteiger partial charge on any atom is -0.293 e. The van der Waals surface area contributed by atoms with Crippen LogP contribution >= 0.6 is 0 Å². The van der Waals surface area contributed by atoms with Crippen LogP contribution in [0.2, 0.25) is 0 Å². The second-order valence-electron chi connectivity index (χ2n) is 6.92. The molecule has 0 aromatic carbocycles. The minimum atomic E-state index is 0.0421. The zero-order valence-corrected chi connectivity index (χ0v) is 14.2. The largest absolute Gasteiger partial charge is 0.293 e. The summed E-state index contributed by atoms with van der Waals surface area (Å²) in [5.41, 5.74) is 5.51. The average molecular weight is 300 g/mol. The molecule has 1 N–H and O–H groups in total. The molecule has 0 saturated carbocycles. The van der Waals surface area contributed by atoms with Crippen LogP contribution in [0.4, 0.5) is 0 Å². The van der Waals surface area contributed by atoms with Crippen molar-refractivity contribution in [2.75, 3.05) is 0 Å². The van der Waals surface area contributed by atoms with Gasteiger partial charge in [-0.25, -0.2) is 4.68 Å². The Bertz CT molecular complexity index is 812. The molecule has 0 amide bonds. The molecule has 118 valence electrons. The zero-order chi connectivity index (χ0) is 16.1. The molecule has 0 spiro atoms. The third-order valence-corrected chi connectivity index (χ3v) is 4.12. The number of aromatic amines is 1. The first-order valence-corrected chi connectivity index (χ1v) is 7.83. The van der Waals surface area contributed by atoms with Crippen molar-refractivity contribution in [3.63, 3.8) is 0 Å². The van der Waals surface area contributed by atoms with E-state index in [4.69, 9.17) is 0 Å². The molecule has 0 unspecified atom stereocenters. The summed E-state index contributed by atoms with van der Waals surface area (Å²) in [6, 6.07) is 2.05. The quantitative estimate of drug-likeness (QED) is 0.808. The summed E-state index contributed by atoms with van der Waals surface area (Å²) in [7, 11) is 0. The van der Waals surface area contributed by atoms with Crippen molar-refractivity contribution in [1.82, 2.24) is 29.6 Å². The van der Waals surface area contributed by atoms with Crippen LogP contribution < -0.4 is 0 Å². The molecule has 0 atom stereocenters. The van der Waals surface area contributed by atoms with Gasteiger partial charge in [-0.2, -0.15) is 9.61 Å². The first-order chi connectivity index (χ1) is 10.3. The monoisotopic (exact) mass is 300 g/mol. The van der Waals surface area contributed by atoms with Gasteiger partial charge in [-0.05, 0) is 25.8 Å². The van der Waals surface area contributed by atoms with Crippen molar-refractivity contribution in [1.29, 1.82) is 0 Å². The maximum atomic E-state index is 4.67. The Balaban J connectivity index is 2.15. The van der Waals surface area contributed by atoms with Gasteiger partial charge in [0.15, 0.2) is 5.65 Å². The van der Waals surface area contributed by atoms with Crippen LogP contribution in [0.5, 0.6) is 0 Å². The van der Waals surface area contributed by atoms with Gasteiger partial charge >= 0.3 is 0 Å². The summed E-state index contributed by atoms with van der Waals surface area (Å²) >= 11 is 0. The highest BCUT2D eigenvalue weighted by atomic mass is 15.5. The molecule has 0 bridgehead atoms. The third-order valence-electron chi connectivity index (χ3n) is 4.12. The lowest BCUT2D eigenvalue weighted by Crippen LogP contribution is -2.13. The molecule has 0 aliphatic carbocycles. The van der Waals surface area contributed by atoms with Gasteiger partial charge in [0.1, 0.15) is 0 Å². The van der Waals surface area contributed by atoms with Crippen molar-refractivity contribution in [3.05, 3.63) is 28.7 Å². The van der Waals surface area contributed by atoms with Crippen LogP contribution in [-0.2, 0) is 11.8 Å². The molecular formula is C16H24N6. The van der Waals surface area contributed by atoms with Gasteiger partial charge in [0.2, 0.25) is 0 Å². The Labute approximate surface area is 130 Å². The highest BCUT2D eigenvalue weighted by Crippen LogP contribution is 2.23. The van der Waals surface area contributed by atoms with Crippen LogP contribution in [0, 0.1) is 13.8 Å². The standard InChI is InChI=1S/C16H24N6/c1-7-8-12-10(2)19-21(11(12)3)15-18-17-14-9-13(16(4,5)6)20-22(14)15/h9,20H,7-8H2,1-6H3. The zero-order valence-electron chi connectivity index (χ0n) is 14.2. The first-order valence-electron chi connectivity index (χ1n) is 7.83. The number of rotatable bonds is 3. The van der Waals surface area contributed by atoms with E-state index in [2.05, 4.69) is 68.0 Å². The second kappa shape index (κ2) is 4.97. The molecule has 0 saturated heterocycles. The first kappa shape index (κ1) is 14.8. The van der Waals surface area contributed by atoms with E-state index in [9.17, 15) is 0 Å². The molecule has 3 aromatic rings. The molecule has 0 fully saturated rings. The molecule has 3 rings (SSSR count). The van der Waals surface area contributed by atoms with Gasteiger partial charge in [-0.15, -0.1) is 10.2 Å². The van der Waals surface area contributed by atoms with E-state index in [-0.39, 0.29) is 5.41 Å². The van der Waals surface area contributed by atoms with Gasteiger partial charge in [0.25, 0.3) is 5.95 Å². The van der Waals surface area contributed by atoms with Crippen molar-refractivity contribution < 1.29 is 0 Å². The molecule has 3 aromatic heterocycles. The van der Waals surface area contributed by atoms with E-state index < -0.39 is 0 Å². The highest BCUT2D eigenvalue weighted by molar-refractivity contribution is 5.44. The molecule has 0 radical (unpaired) electrons. The minimum absolute atomic E-state index is 0.0421. The number of aromatic nitrogens is 6. The van der Waals surface area contributed by atoms with Crippen molar-refractivity contribution in [3.8, 4) is 5.95 Å². The van der Waals surface area contributed by atoms with Gasteiger partial charge in [0, 0.05) is 22.9 Å². The summed E-state index contributed by atoms with van der Waals surface area (Å²) in [6.45, 7) is 12.9. The molecule has 6 heteroatoms. The predicted molar refractivity (Wildman–Crippen MR) is 86.6 cm³/mol. The van der Waals surface area contributed by atoms with Crippen molar-refractivity contribution >= 4 is 5.65 Å². The maximum Gasteiger partial charge on any atom is 0.271 e. The van der Waals surface area contributed by atoms with Crippen LogP contribution in [0.3, 0.4) is 0 Å². The van der Waals surface area contributed by atoms with E-state index in [0.717, 1.165) is 35.6 Å². The molecule has 0 aliphatic rings. The number of fused-ring (bicyclic) bond motifs is 1. The number of hydrogen-bond acceptors (Lipinski definition) is 3. The Morgan fingerprint density at radius 1 is 1.18 bits per heavy atom.